The topological polar surface area (TPSA) is 66.9 Å². The number of aromatic nitrogens is 2. The van der Waals surface area contributed by atoms with Gasteiger partial charge in [-0.3, -0.25) is 10.1 Å². The largest absolute Gasteiger partial charge is 0.312 e. The number of halogens is 1. The summed E-state index contributed by atoms with van der Waals surface area (Å²) in [4.78, 5) is 12.7. The van der Waals surface area contributed by atoms with E-state index in [9.17, 15) is 4.79 Å². The quantitative estimate of drug-likeness (QED) is 0.421. The minimum atomic E-state index is -0.162. The van der Waals surface area contributed by atoms with Crippen LogP contribution in [0.2, 0.25) is 5.02 Å². The number of hydrogen-bond donors (Lipinski definition) is 2. The summed E-state index contributed by atoms with van der Waals surface area (Å²) in [7, 11) is 0. The first-order valence-corrected chi connectivity index (χ1v) is 11.7. The third-order valence-corrected chi connectivity index (χ3v) is 6.73. The van der Waals surface area contributed by atoms with Crippen LogP contribution in [0, 0.1) is 0 Å². The maximum atomic E-state index is 12.7. The van der Waals surface area contributed by atoms with E-state index in [0.717, 1.165) is 41.2 Å². The number of nitrogens with one attached hydrogen (secondary N) is 2. The highest BCUT2D eigenvalue weighted by atomic mass is 35.5. The molecule has 5 rings (SSSR count). The molecule has 0 saturated carbocycles. The van der Waals surface area contributed by atoms with Gasteiger partial charge in [-0.2, -0.15) is 0 Å². The van der Waals surface area contributed by atoms with Crippen LogP contribution in [-0.2, 0) is 19.4 Å². The maximum Gasteiger partial charge on any atom is 0.257 e. The average Bonchev–Trinajstić information content (AvgIpc) is 3.26. The van der Waals surface area contributed by atoms with Crippen LogP contribution in [0.25, 0.3) is 11.1 Å². The Hall–Kier alpha value is -3.06. The summed E-state index contributed by atoms with van der Waals surface area (Å²) in [6, 6.07) is 21.8. The molecule has 4 aromatic rings. The second-order valence-electron chi connectivity index (χ2n) is 7.68. The van der Waals surface area contributed by atoms with Gasteiger partial charge in [-0.25, -0.2) is 0 Å². The van der Waals surface area contributed by atoms with Gasteiger partial charge >= 0.3 is 0 Å². The lowest BCUT2D eigenvalue weighted by Crippen LogP contribution is -2.24. The van der Waals surface area contributed by atoms with Crippen molar-refractivity contribution in [1.29, 1.82) is 0 Å². The molecular weight excluding hydrogens is 440 g/mol. The lowest BCUT2D eigenvalue weighted by Gasteiger charge is -2.17. The summed E-state index contributed by atoms with van der Waals surface area (Å²) in [6.07, 6.45) is 1.55. The van der Waals surface area contributed by atoms with Gasteiger partial charge in [-0.1, -0.05) is 71.5 Å². The Bertz CT molecular complexity index is 1290. The molecule has 0 unspecified atom stereocenters. The van der Waals surface area contributed by atoms with Crippen LogP contribution in [0.1, 0.15) is 32.1 Å². The number of hydrogen-bond acceptors (Lipinski definition) is 5. The zero-order valence-corrected chi connectivity index (χ0v) is 18.8. The molecule has 1 aliphatic heterocycles. The Morgan fingerprint density at radius 1 is 1.00 bits per heavy atom. The van der Waals surface area contributed by atoms with Gasteiger partial charge in [-0.05, 0) is 53.4 Å². The molecule has 1 amide bonds. The molecule has 1 aliphatic rings. The summed E-state index contributed by atoms with van der Waals surface area (Å²) in [5.41, 5.74) is 6.30. The number of nitrogens with zero attached hydrogens (tertiary/aromatic N) is 2. The van der Waals surface area contributed by atoms with Crippen LogP contribution in [0.3, 0.4) is 0 Å². The van der Waals surface area contributed by atoms with Gasteiger partial charge in [0.1, 0.15) is 5.01 Å². The molecule has 0 aliphatic carbocycles. The summed E-state index contributed by atoms with van der Waals surface area (Å²) < 4.78 is 0. The monoisotopic (exact) mass is 460 g/mol. The van der Waals surface area contributed by atoms with E-state index in [1.807, 2.05) is 54.6 Å². The second kappa shape index (κ2) is 9.20. The van der Waals surface area contributed by atoms with Crippen LogP contribution in [-0.4, -0.2) is 22.6 Å². The Kier molecular flexibility index (Phi) is 5.99. The molecule has 160 valence electrons. The standard InChI is InChI=1S/C25H21ClN4OS/c26-22-8-4-3-7-21(22)20-6-2-1-5-17(20)14-23-29-30-25(32-23)28-24(31)18-9-10-19-15-27-12-11-16(19)13-18/h1-10,13,27H,11-12,14-15H2,(H,28,30,31). The first kappa shape index (κ1) is 20.8. The highest BCUT2D eigenvalue weighted by molar-refractivity contribution is 7.15. The number of carbonyl (C=O) groups excluding carboxylic acids is 1. The van der Waals surface area contributed by atoms with Crippen LogP contribution in [0.5, 0.6) is 0 Å². The van der Waals surface area contributed by atoms with Gasteiger partial charge in [0.2, 0.25) is 5.13 Å². The molecule has 2 heterocycles. The Labute approximate surface area is 195 Å². The highest BCUT2D eigenvalue weighted by Crippen LogP contribution is 2.32. The van der Waals surface area contributed by atoms with Crippen LogP contribution in [0.4, 0.5) is 5.13 Å². The van der Waals surface area contributed by atoms with Crippen molar-refractivity contribution >= 4 is 34.0 Å². The lowest BCUT2D eigenvalue weighted by molar-refractivity contribution is 0.102. The summed E-state index contributed by atoms with van der Waals surface area (Å²) >= 11 is 7.81. The van der Waals surface area contributed by atoms with Gasteiger partial charge < -0.3 is 5.32 Å². The van der Waals surface area contributed by atoms with Crippen molar-refractivity contribution in [3.63, 3.8) is 0 Å². The van der Waals surface area contributed by atoms with Crippen LogP contribution in [0.15, 0.2) is 66.7 Å². The first-order chi connectivity index (χ1) is 15.7. The molecule has 3 aromatic carbocycles. The van der Waals surface area contributed by atoms with Crippen molar-refractivity contribution in [1.82, 2.24) is 15.5 Å². The third kappa shape index (κ3) is 4.43. The SMILES string of the molecule is O=C(Nc1nnc(Cc2ccccc2-c2ccccc2Cl)s1)c1ccc2c(c1)CCNC2. The van der Waals surface area contributed by atoms with Crippen molar-refractivity contribution in [3.8, 4) is 11.1 Å². The van der Waals surface area contributed by atoms with Crippen molar-refractivity contribution in [3.05, 3.63) is 99.0 Å². The van der Waals surface area contributed by atoms with Gasteiger partial charge in [0, 0.05) is 29.1 Å². The zero-order chi connectivity index (χ0) is 21.9. The highest BCUT2D eigenvalue weighted by Gasteiger charge is 2.15. The molecule has 0 radical (unpaired) electrons. The Balaban J connectivity index is 1.32. The van der Waals surface area contributed by atoms with E-state index in [1.54, 1.807) is 0 Å². The minimum Gasteiger partial charge on any atom is -0.312 e. The third-order valence-electron chi connectivity index (χ3n) is 5.57. The fourth-order valence-corrected chi connectivity index (χ4v) is 4.94. The molecule has 0 spiro atoms. The number of rotatable bonds is 5. The second-order valence-corrected chi connectivity index (χ2v) is 9.15. The van der Waals surface area contributed by atoms with Gasteiger partial charge in [0.15, 0.2) is 0 Å². The molecule has 0 atom stereocenters. The normalized spacial score (nSPS) is 12.9. The average molecular weight is 461 g/mol. The predicted octanol–water partition coefficient (Wildman–Crippen LogP) is 5.35. The molecule has 0 fully saturated rings. The maximum absolute atomic E-state index is 12.7. The number of fused-ring (bicyclic) bond motifs is 1. The summed E-state index contributed by atoms with van der Waals surface area (Å²) in [5.74, 6) is -0.162. The van der Waals surface area contributed by atoms with Crippen molar-refractivity contribution in [2.45, 2.75) is 19.4 Å². The van der Waals surface area contributed by atoms with E-state index < -0.39 is 0 Å². The van der Waals surface area contributed by atoms with E-state index in [4.69, 9.17) is 11.6 Å². The zero-order valence-electron chi connectivity index (χ0n) is 17.3. The molecule has 0 bridgehead atoms. The van der Waals surface area contributed by atoms with Crippen molar-refractivity contribution in [2.75, 3.05) is 11.9 Å². The minimum absolute atomic E-state index is 0.162. The molecular formula is C25H21ClN4OS. The molecule has 32 heavy (non-hydrogen) atoms. The molecule has 7 heteroatoms. The van der Waals surface area contributed by atoms with Crippen LogP contribution < -0.4 is 10.6 Å². The summed E-state index contributed by atoms with van der Waals surface area (Å²) in [5, 5.41) is 16.8. The molecule has 5 nitrogen and oxygen atoms in total. The smallest absolute Gasteiger partial charge is 0.257 e. The van der Waals surface area contributed by atoms with E-state index >= 15 is 0 Å². The first-order valence-electron chi connectivity index (χ1n) is 10.5. The fourth-order valence-electron chi connectivity index (χ4n) is 3.94. The number of carbonyl (C=O) groups is 1. The van der Waals surface area contributed by atoms with E-state index in [0.29, 0.717) is 22.1 Å². The molecule has 1 aromatic heterocycles. The van der Waals surface area contributed by atoms with Crippen molar-refractivity contribution < 1.29 is 4.79 Å². The lowest BCUT2D eigenvalue weighted by atomic mass is 9.98. The van der Waals surface area contributed by atoms with E-state index in [1.165, 1.54) is 22.5 Å². The Morgan fingerprint density at radius 3 is 2.69 bits per heavy atom. The molecule has 0 saturated heterocycles. The molecule has 2 N–H and O–H groups in total. The fraction of sp³-hybridized carbons (Fsp3) is 0.160. The number of amides is 1. The van der Waals surface area contributed by atoms with Crippen LogP contribution >= 0.6 is 22.9 Å². The van der Waals surface area contributed by atoms with Gasteiger partial charge in [0.25, 0.3) is 5.91 Å². The van der Waals surface area contributed by atoms with E-state index in [2.05, 4.69) is 33.0 Å². The number of anilines is 1. The summed E-state index contributed by atoms with van der Waals surface area (Å²) in [6.45, 7) is 1.79. The van der Waals surface area contributed by atoms with Gasteiger partial charge in [0.05, 0.1) is 0 Å². The predicted molar refractivity (Wildman–Crippen MR) is 129 cm³/mol. The van der Waals surface area contributed by atoms with E-state index in [-0.39, 0.29) is 5.91 Å². The number of benzene rings is 3. The van der Waals surface area contributed by atoms with Gasteiger partial charge in [-0.15, -0.1) is 10.2 Å². The Morgan fingerprint density at radius 2 is 1.81 bits per heavy atom. The van der Waals surface area contributed by atoms with Crippen molar-refractivity contribution in [2.24, 2.45) is 0 Å².